The van der Waals surface area contributed by atoms with Crippen molar-refractivity contribution in [2.75, 3.05) is 5.73 Å². The van der Waals surface area contributed by atoms with Gasteiger partial charge in [-0.2, -0.15) is 5.10 Å². The third-order valence-corrected chi connectivity index (χ3v) is 2.52. The number of rotatable bonds is 2. The second kappa shape index (κ2) is 3.95. The van der Waals surface area contributed by atoms with Gasteiger partial charge in [0, 0.05) is 34.6 Å². The molecule has 0 aliphatic carbocycles. The molecule has 78 valence electrons. The van der Waals surface area contributed by atoms with E-state index in [-0.39, 0.29) is 0 Å². The summed E-state index contributed by atoms with van der Waals surface area (Å²) >= 11 is 5.84. The van der Waals surface area contributed by atoms with Gasteiger partial charge in [-0.25, -0.2) is 0 Å². The zero-order valence-corrected chi connectivity index (χ0v) is 9.20. The quantitative estimate of drug-likeness (QED) is 0.793. The molecule has 0 radical (unpaired) electrons. The molecule has 0 unspecified atom stereocenters. The standard InChI is InChI=1S/C11H12ClN3/c1-2-15-7-8(6-14-15)10-4-3-9(12)5-11(10)13/h3-7H,2,13H2,1H3. The second-order valence-corrected chi connectivity index (χ2v) is 3.75. The van der Waals surface area contributed by atoms with Gasteiger partial charge in [-0.05, 0) is 19.1 Å². The molecule has 0 spiro atoms. The lowest BCUT2D eigenvalue weighted by Gasteiger charge is -2.02. The van der Waals surface area contributed by atoms with Crippen LogP contribution < -0.4 is 5.73 Å². The minimum atomic E-state index is 0.652. The number of nitrogens with two attached hydrogens (primary N) is 1. The Kier molecular flexibility index (Phi) is 2.64. The molecular weight excluding hydrogens is 210 g/mol. The molecule has 2 N–H and O–H groups in total. The average Bonchev–Trinajstić information content (AvgIpc) is 2.66. The third kappa shape index (κ3) is 1.97. The number of nitrogen functional groups attached to an aromatic ring is 1. The number of anilines is 1. The Balaban J connectivity index is 2.44. The summed E-state index contributed by atoms with van der Waals surface area (Å²) in [6.45, 7) is 2.90. The first-order valence-electron chi connectivity index (χ1n) is 4.78. The lowest BCUT2D eigenvalue weighted by atomic mass is 10.1. The van der Waals surface area contributed by atoms with Gasteiger partial charge < -0.3 is 5.73 Å². The summed E-state index contributed by atoms with van der Waals surface area (Å²) in [5, 5.41) is 4.85. The maximum Gasteiger partial charge on any atom is 0.0569 e. The normalized spacial score (nSPS) is 10.5. The fourth-order valence-corrected chi connectivity index (χ4v) is 1.65. The van der Waals surface area contributed by atoms with E-state index in [0.717, 1.165) is 17.7 Å². The summed E-state index contributed by atoms with van der Waals surface area (Å²) < 4.78 is 1.86. The molecular formula is C11H12ClN3. The zero-order chi connectivity index (χ0) is 10.8. The third-order valence-electron chi connectivity index (χ3n) is 2.28. The monoisotopic (exact) mass is 221 g/mol. The van der Waals surface area contributed by atoms with Gasteiger partial charge in [0.2, 0.25) is 0 Å². The van der Waals surface area contributed by atoms with Crippen molar-refractivity contribution in [1.82, 2.24) is 9.78 Å². The largest absolute Gasteiger partial charge is 0.398 e. The number of hydrogen-bond donors (Lipinski definition) is 1. The van der Waals surface area contributed by atoms with Gasteiger partial charge in [-0.1, -0.05) is 17.7 Å². The van der Waals surface area contributed by atoms with Gasteiger partial charge in [0.25, 0.3) is 0 Å². The molecule has 0 aliphatic heterocycles. The van der Waals surface area contributed by atoms with Crippen molar-refractivity contribution in [3.63, 3.8) is 0 Å². The minimum Gasteiger partial charge on any atom is -0.398 e. The lowest BCUT2D eigenvalue weighted by Crippen LogP contribution is -1.92. The maximum atomic E-state index is 5.88. The number of nitrogens with zero attached hydrogens (tertiary/aromatic N) is 2. The van der Waals surface area contributed by atoms with Gasteiger partial charge in [0.15, 0.2) is 0 Å². The molecule has 0 amide bonds. The SMILES string of the molecule is CCn1cc(-c2ccc(Cl)cc2N)cn1. The van der Waals surface area contributed by atoms with Gasteiger partial charge in [-0.3, -0.25) is 4.68 Å². The van der Waals surface area contributed by atoms with E-state index in [0.29, 0.717) is 10.7 Å². The van der Waals surface area contributed by atoms with Crippen molar-refractivity contribution in [2.45, 2.75) is 13.5 Å². The predicted octanol–water partition coefficient (Wildman–Crippen LogP) is 2.81. The Morgan fingerprint density at radius 3 is 2.87 bits per heavy atom. The first-order chi connectivity index (χ1) is 7.20. The highest BCUT2D eigenvalue weighted by Gasteiger charge is 2.05. The van der Waals surface area contributed by atoms with Crippen LogP contribution in [-0.2, 0) is 6.54 Å². The van der Waals surface area contributed by atoms with E-state index >= 15 is 0 Å². The van der Waals surface area contributed by atoms with Gasteiger partial charge in [0.05, 0.1) is 6.20 Å². The highest BCUT2D eigenvalue weighted by Crippen LogP contribution is 2.27. The molecule has 0 atom stereocenters. The Morgan fingerprint density at radius 2 is 2.27 bits per heavy atom. The summed E-state index contributed by atoms with van der Waals surface area (Å²) in [4.78, 5) is 0. The van der Waals surface area contributed by atoms with E-state index in [9.17, 15) is 0 Å². The molecule has 1 aromatic heterocycles. The van der Waals surface area contributed by atoms with Crippen LogP contribution in [0.15, 0.2) is 30.6 Å². The highest BCUT2D eigenvalue weighted by atomic mass is 35.5. The van der Waals surface area contributed by atoms with Gasteiger partial charge in [-0.15, -0.1) is 0 Å². The number of benzene rings is 1. The Morgan fingerprint density at radius 1 is 1.47 bits per heavy atom. The van der Waals surface area contributed by atoms with Crippen LogP contribution in [0, 0.1) is 0 Å². The van der Waals surface area contributed by atoms with Crippen molar-refractivity contribution in [1.29, 1.82) is 0 Å². The lowest BCUT2D eigenvalue weighted by molar-refractivity contribution is 0.660. The molecule has 1 aromatic carbocycles. The number of hydrogen-bond acceptors (Lipinski definition) is 2. The molecule has 2 rings (SSSR count). The Bertz CT molecular complexity index is 476. The second-order valence-electron chi connectivity index (χ2n) is 3.32. The summed E-state index contributed by atoms with van der Waals surface area (Å²) in [5.74, 6) is 0. The summed E-state index contributed by atoms with van der Waals surface area (Å²) in [6, 6.07) is 5.49. The molecule has 0 saturated carbocycles. The highest BCUT2D eigenvalue weighted by molar-refractivity contribution is 6.31. The number of aryl methyl sites for hydroxylation is 1. The molecule has 4 heteroatoms. The van der Waals surface area contributed by atoms with E-state index < -0.39 is 0 Å². The van der Waals surface area contributed by atoms with Crippen LogP contribution in [0.1, 0.15) is 6.92 Å². The van der Waals surface area contributed by atoms with Crippen LogP contribution in [0.3, 0.4) is 0 Å². The predicted molar refractivity (Wildman–Crippen MR) is 62.8 cm³/mol. The summed E-state index contributed by atoms with van der Waals surface area (Å²) in [6.07, 6.45) is 3.78. The first-order valence-corrected chi connectivity index (χ1v) is 5.16. The molecule has 15 heavy (non-hydrogen) atoms. The first kappa shape index (κ1) is 10.1. The molecule has 0 bridgehead atoms. The van der Waals surface area contributed by atoms with Crippen LogP contribution in [0.2, 0.25) is 5.02 Å². The summed E-state index contributed by atoms with van der Waals surface area (Å²) in [7, 11) is 0. The van der Waals surface area contributed by atoms with Crippen molar-refractivity contribution < 1.29 is 0 Å². The van der Waals surface area contributed by atoms with E-state index in [1.807, 2.05) is 36.1 Å². The van der Waals surface area contributed by atoms with Crippen molar-refractivity contribution in [3.8, 4) is 11.1 Å². The molecule has 1 heterocycles. The smallest absolute Gasteiger partial charge is 0.0569 e. The molecule has 3 nitrogen and oxygen atoms in total. The van der Waals surface area contributed by atoms with Crippen LogP contribution in [0.5, 0.6) is 0 Å². The van der Waals surface area contributed by atoms with E-state index in [1.54, 1.807) is 6.07 Å². The fourth-order valence-electron chi connectivity index (χ4n) is 1.47. The molecule has 0 aliphatic rings. The number of aromatic nitrogens is 2. The Labute approximate surface area is 93.5 Å². The summed E-state index contributed by atoms with van der Waals surface area (Å²) in [5.41, 5.74) is 8.55. The molecule has 0 saturated heterocycles. The maximum absolute atomic E-state index is 5.88. The fraction of sp³-hybridized carbons (Fsp3) is 0.182. The van der Waals surface area contributed by atoms with Crippen molar-refractivity contribution in [3.05, 3.63) is 35.6 Å². The van der Waals surface area contributed by atoms with Crippen molar-refractivity contribution in [2.24, 2.45) is 0 Å². The molecule has 0 fully saturated rings. The van der Waals surface area contributed by atoms with E-state index in [2.05, 4.69) is 5.10 Å². The average molecular weight is 222 g/mol. The van der Waals surface area contributed by atoms with Crippen LogP contribution in [0.4, 0.5) is 5.69 Å². The van der Waals surface area contributed by atoms with Crippen LogP contribution in [0.25, 0.3) is 11.1 Å². The topological polar surface area (TPSA) is 43.8 Å². The van der Waals surface area contributed by atoms with Gasteiger partial charge in [0.1, 0.15) is 0 Å². The zero-order valence-electron chi connectivity index (χ0n) is 8.44. The van der Waals surface area contributed by atoms with Crippen LogP contribution >= 0.6 is 11.6 Å². The van der Waals surface area contributed by atoms with E-state index in [4.69, 9.17) is 17.3 Å². The Hall–Kier alpha value is -1.48. The van der Waals surface area contributed by atoms with E-state index in [1.165, 1.54) is 0 Å². The van der Waals surface area contributed by atoms with Crippen molar-refractivity contribution >= 4 is 17.3 Å². The minimum absolute atomic E-state index is 0.652. The van der Waals surface area contributed by atoms with Crippen LogP contribution in [-0.4, -0.2) is 9.78 Å². The number of halogens is 1. The van der Waals surface area contributed by atoms with Gasteiger partial charge >= 0.3 is 0 Å². The molecule has 2 aromatic rings.